The van der Waals surface area contributed by atoms with E-state index in [2.05, 4.69) is 24.9 Å². The van der Waals surface area contributed by atoms with Crippen LogP contribution in [-0.4, -0.2) is 24.2 Å². The molecule has 1 aromatic heterocycles. The minimum atomic E-state index is -0.327. The van der Waals surface area contributed by atoms with Crippen LogP contribution in [-0.2, 0) is 20.7 Å². The van der Waals surface area contributed by atoms with Gasteiger partial charge in [-0.25, -0.2) is 0 Å². The number of hydrogen-bond donors (Lipinski definition) is 1. The molecule has 0 saturated carbocycles. The number of nitrogens with zero attached hydrogens (tertiary/aromatic N) is 1. The lowest BCUT2D eigenvalue weighted by Crippen LogP contribution is -2.49. The van der Waals surface area contributed by atoms with Gasteiger partial charge < -0.3 is 15.2 Å². The maximum Gasteiger partial charge on any atom is 0.158 e. The number of hydrogen-bond acceptors (Lipinski definition) is 4. The van der Waals surface area contributed by atoms with E-state index in [-0.39, 0.29) is 18.7 Å². The third kappa shape index (κ3) is 1.74. The second kappa shape index (κ2) is 4.27. The zero-order valence-electron chi connectivity index (χ0n) is 11.9. The van der Waals surface area contributed by atoms with Crippen LogP contribution in [0.2, 0.25) is 0 Å². The van der Waals surface area contributed by atoms with E-state index in [0.29, 0.717) is 13.2 Å². The molecule has 0 aromatic carbocycles. The van der Waals surface area contributed by atoms with Gasteiger partial charge in [0.1, 0.15) is 0 Å². The lowest BCUT2D eigenvalue weighted by atomic mass is 9.82. The number of rotatable bonds is 3. The van der Waals surface area contributed by atoms with Gasteiger partial charge in [-0.3, -0.25) is 4.98 Å². The van der Waals surface area contributed by atoms with Crippen LogP contribution < -0.4 is 5.73 Å². The number of pyridine rings is 1. The molecule has 3 rings (SSSR count). The highest BCUT2D eigenvalue weighted by molar-refractivity contribution is 5.43. The molecular weight excluding hydrogens is 240 g/mol. The first-order valence-corrected chi connectivity index (χ1v) is 7.03. The van der Waals surface area contributed by atoms with Gasteiger partial charge in [0.2, 0.25) is 0 Å². The number of ether oxygens (including phenoxy) is 2. The van der Waals surface area contributed by atoms with Crippen molar-refractivity contribution in [1.29, 1.82) is 0 Å². The van der Waals surface area contributed by atoms with Crippen molar-refractivity contribution in [3.8, 4) is 0 Å². The Hall–Kier alpha value is -0.970. The van der Waals surface area contributed by atoms with Gasteiger partial charge in [0.25, 0.3) is 0 Å². The quantitative estimate of drug-likeness (QED) is 0.909. The lowest BCUT2D eigenvalue weighted by molar-refractivity contribution is -0.259. The second-order valence-corrected chi connectivity index (χ2v) is 5.97. The highest BCUT2D eigenvalue weighted by Crippen LogP contribution is 2.54. The van der Waals surface area contributed by atoms with E-state index in [1.807, 2.05) is 13.1 Å². The van der Waals surface area contributed by atoms with Crippen LogP contribution >= 0.6 is 0 Å². The normalized spacial score (nSPS) is 29.1. The Morgan fingerprint density at radius 1 is 1.53 bits per heavy atom. The number of aromatic nitrogens is 1. The Morgan fingerprint density at radius 2 is 2.26 bits per heavy atom. The third-order valence-corrected chi connectivity index (χ3v) is 4.33. The molecule has 19 heavy (non-hydrogen) atoms. The minimum Gasteiger partial charge on any atom is -0.374 e. The maximum absolute atomic E-state index is 6.52. The van der Waals surface area contributed by atoms with E-state index in [1.54, 1.807) is 0 Å². The minimum absolute atomic E-state index is 0. The van der Waals surface area contributed by atoms with E-state index in [0.717, 1.165) is 18.5 Å². The monoisotopic (exact) mass is 264 g/mol. The fourth-order valence-electron chi connectivity index (χ4n) is 3.49. The van der Waals surface area contributed by atoms with Crippen molar-refractivity contribution in [2.75, 3.05) is 13.2 Å². The summed E-state index contributed by atoms with van der Waals surface area (Å²) in [6, 6.07) is 2.16. The Labute approximate surface area is 115 Å². The van der Waals surface area contributed by atoms with E-state index < -0.39 is 0 Å². The first-order valence-electron chi connectivity index (χ1n) is 7.03. The van der Waals surface area contributed by atoms with Crippen LogP contribution in [0.5, 0.6) is 0 Å². The predicted molar refractivity (Wildman–Crippen MR) is 74.9 cm³/mol. The van der Waals surface area contributed by atoms with Crippen molar-refractivity contribution in [2.24, 2.45) is 5.73 Å². The third-order valence-electron chi connectivity index (χ3n) is 4.33. The van der Waals surface area contributed by atoms with E-state index in [4.69, 9.17) is 15.2 Å². The Bertz CT molecular complexity index is 503. The zero-order valence-corrected chi connectivity index (χ0v) is 11.9. The summed E-state index contributed by atoms with van der Waals surface area (Å²) < 4.78 is 11.9. The van der Waals surface area contributed by atoms with Gasteiger partial charge in [0.15, 0.2) is 5.60 Å². The molecule has 1 aromatic rings. The molecule has 0 bridgehead atoms. The number of nitrogens with two attached hydrogens (primary N) is 1. The molecule has 2 atom stereocenters. The summed E-state index contributed by atoms with van der Waals surface area (Å²) in [4.78, 5) is 4.60. The predicted octanol–water partition coefficient (Wildman–Crippen LogP) is 2.23. The van der Waals surface area contributed by atoms with Crippen LogP contribution in [0.3, 0.4) is 0 Å². The highest BCUT2D eigenvalue weighted by atomic mass is 16.6. The molecule has 1 spiro atoms. The molecule has 106 valence electrons. The largest absolute Gasteiger partial charge is 0.374 e. The van der Waals surface area contributed by atoms with Crippen LogP contribution in [0.4, 0.5) is 0 Å². The summed E-state index contributed by atoms with van der Waals surface area (Å²) in [6.45, 7) is 7.55. The number of aryl methyl sites for hydroxylation is 1. The average Bonchev–Trinajstić information content (AvgIpc) is 2.61. The number of fused-ring (bicyclic) bond motifs is 2. The first-order chi connectivity index (χ1) is 9.03. The summed E-state index contributed by atoms with van der Waals surface area (Å²) in [6.07, 6.45) is 3.61. The molecule has 1 saturated heterocycles. The molecule has 0 radical (unpaired) electrons. The van der Waals surface area contributed by atoms with Crippen molar-refractivity contribution in [1.82, 2.24) is 4.98 Å². The first kappa shape index (κ1) is 13.0. The van der Waals surface area contributed by atoms with Crippen molar-refractivity contribution in [3.05, 3.63) is 29.1 Å². The SMILES string of the molecule is CC[C@]1(C[C@@H](C)N)OC2(COC2)c2nccc(C)c21.[HH]. The Balaban J connectivity index is 0.00000147. The lowest BCUT2D eigenvalue weighted by Gasteiger charge is -2.41. The van der Waals surface area contributed by atoms with Gasteiger partial charge in [-0.2, -0.15) is 0 Å². The maximum atomic E-state index is 6.52. The van der Waals surface area contributed by atoms with Crippen molar-refractivity contribution in [2.45, 2.75) is 50.9 Å². The molecule has 2 aliphatic rings. The zero-order chi connectivity index (χ0) is 13.7. The molecule has 4 heteroatoms. The van der Waals surface area contributed by atoms with Gasteiger partial charge in [0, 0.05) is 19.2 Å². The smallest absolute Gasteiger partial charge is 0.158 e. The molecule has 4 nitrogen and oxygen atoms in total. The molecule has 2 N–H and O–H groups in total. The van der Waals surface area contributed by atoms with Crippen molar-refractivity contribution in [3.63, 3.8) is 0 Å². The van der Waals surface area contributed by atoms with Crippen LogP contribution in [0.25, 0.3) is 0 Å². The summed E-state index contributed by atoms with van der Waals surface area (Å²) in [5.74, 6) is 0. The van der Waals surface area contributed by atoms with Gasteiger partial charge in [-0.05, 0) is 38.3 Å². The molecular formula is C15H24N2O2. The van der Waals surface area contributed by atoms with Crippen LogP contribution in [0.1, 0.15) is 44.9 Å². The fraction of sp³-hybridized carbons (Fsp3) is 0.667. The topological polar surface area (TPSA) is 57.4 Å². The van der Waals surface area contributed by atoms with Crippen LogP contribution in [0, 0.1) is 6.92 Å². The van der Waals surface area contributed by atoms with Gasteiger partial charge in [-0.15, -0.1) is 0 Å². The van der Waals surface area contributed by atoms with E-state index in [1.165, 1.54) is 11.1 Å². The molecule has 0 unspecified atom stereocenters. The average molecular weight is 264 g/mol. The molecule has 1 fully saturated rings. The van der Waals surface area contributed by atoms with E-state index in [9.17, 15) is 0 Å². The summed E-state index contributed by atoms with van der Waals surface area (Å²) in [5, 5.41) is 0. The van der Waals surface area contributed by atoms with Crippen molar-refractivity contribution >= 4 is 0 Å². The summed E-state index contributed by atoms with van der Waals surface area (Å²) in [7, 11) is 0. The molecule has 0 aliphatic carbocycles. The van der Waals surface area contributed by atoms with Crippen LogP contribution in [0.15, 0.2) is 12.3 Å². The standard InChI is InChI=1S/C15H22N2O2.H2/c1-4-14(7-11(3)16)12-10(2)5-6-17-13(12)15(19-14)8-18-9-15;/h5-6,11H,4,7-9,16H2,1-3H3;1H/t11-,14-;/m1./s1. The van der Waals surface area contributed by atoms with E-state index >= 15 is 0 Å². The molecule has 2 aliphatic heterocycles. The van der Waals surface area contributed by atoms with Gasteiger partial charge >= 0.3 is 0 Å². The molecule has 3 heterocycles. The summed E-state index contributed by atoms with van der Waals surface area (Å²) in [5.41, 5.74) is 8.99. The second-order valence-electron chi connectivity index (χ2n) is 5.97. The van der Waals surface area contributed by atoms with Gasteiger partial charge in [0.05, 0.1) is 24.5 Å². The summed E-state index contributed by atoms with van der Waals surface area (Å²) >= 11 is 0. The highest BCUT2D eigenvalue weighted by Gasteiger charge is 2.58. The fourth-order valence-corrected chi connectivity index (χ4v) is 3.49. The Kier molecular flexibility index (Phi) is 2.93. The van der Waals surface area contributed by atoms with Crippen molar-refractivity contribution < 1.29 is 10.9 Å². The Morgan fingerprint density at radius 3 is 2.79 bits per heavy atom. The molecule has 0 amide bonds. The van der Waals surface area contributed by atoms with Gasteiger partial charge in [-0.1, -0.05) is 6.92 Å².